The molecule has 0 saturated heterocycles. The molecule has 2 rings (SSSR count). The van der Waals surface area contributed by atoms with Crippen LogP contribution in [0.3, 0.4) is 0 Å². The van der Waals surface area contributed by atoms with Gasteiger partial charge in [0.05, 0.1) is 20.8 Å². The molecule has 0 aliphatic carbocycles. The number of carboxylic acids is 1. The van der Waals surface area contributed by atoms with Gasteiger partial charge in [-0.25, -0.2) is 10.7 Å². The predicted molar refractivity (Wildman–Crippen MR) is 131 cm³/mol. The second-order valence-corrected chi connectivity index (χ2v) is 7.06. The molecule has 0 aromatic heterocycles. The predicted octanol–water partition coefficient (Wildman–Crippen LogP) is 5.09. The molecule has 0 unspecified atom stereocenters. The van der Waals surface area contributed by atoms with Crippen LogP contribution in [0.25, 0.3) is 12.2 Å². The number of carboxylic acid groups (broad SMARTS) is 1. The summed E-state index contributed by atoms with van der Waals surface area (Å²) in [5.41, 5.74) is 1.60. The maximum Gasteiger partial charge on any atom is 0.353 e. The largest absolute Gasteiger partial charge is 0.496 e. The Morgan fingerprint density at radius 1 is 0.970 bits per heavy atom. The number of carbonyl (C=O) groups is 1. The molecule has 0 bridgehead atoms. The van der Waals surface area contributed by atoms with E-state index in [1.165, 1.54) is 6.92 Å². The number of methoxy groups -OCH3 is 2. The number of rotatable bonds is 10. The molecule has 2 aromatic rings. The first-order valence-corrected chi connectivity index (χ1v) is 10.3. The van der Waals surface area contributed by atoms with E-state index in [2.05, 4.69) is 9.99 Å². The van der Waals surface area contributed by atoms with Gasteiger partial charge in [0, 0.05) is 21.2 Å². The fourth-order valence-electron chi connectivity index (χ4n) is 2.29. The minimum atomic E-state index is -1.11. The van der Waals surface area contributed by atoms with Crippen LogP contribution in [-0.2, 0) is 14.5 Å². The highest BCUT2D eigenvalue weighted by Gasteiger charge is 2.02. The Kier molecular flexibility index (Phi) is 13.3. The summed E-state index contributed by atoms with van der Waals surface area (Å²) < 4.78 is 10.3. The van der Waals surface area contributed by atoms with Crippen molar-refractivity contribution in [3.8, 4) is 11.5 Å². The van der Waals surface area contributed by atoms with E-state index in [1.54, 1.807) is 56.7 Å². The maximum absolute atomic E-state index is 10.4. The van der Waals surface area contributed by atoms with Crippen LogP contribution in [0.5, 0.6) is 11.5 Å². The average Bonchev–Trinajstić information content (AvgIpc) is 2.79. The molecule has 10 heteroatoms. The molecule has 0 saturated carbocycles. The Morgan fingerprint density at radius 2 is 1.45 bits per heavy atom. The highest BCUT2D eigenvalue weighted by atomic mass is 35.5. The van der Waals surface area contributed by atoms with Crippen LogP contribution in [0, 0.1) is 0 Å². The Labute approximate surface area is 202 Å². The van der Waals surface area contributed by atoms with Gasteiger partial charge in [0.25, 0.3) is 0 Å². The van der Waals surface area contributed by atoms with Gasteiger partial charge >= 0.3 is 5.97 Å². The third kappa shape index (κ3) is 10.9. The molecule has 3 N–H and O–H groups in total. The van der Waals surface area contributed by atoms with Crippen LogP contribution in [0.4, 0.5) is 0 Å². The lowest BCUT2D eigenvalue weighted by molar-refractivity contribution is -0.129. The Balaban J connectivity index is 0.000000346. The number of hydrogen-bond donors (Lipinski definition) is 2. The second kappa shape index (κ2) is 15.7. The van der Waals surface area contributed by atoms with Crippen molar-refractivity contribution in [3.05, 3.63) is 69.7 Å². The summed E-state index contributed by atoms with van der Waals surface area (Å²) in [5.74, 6) is 5.23. The lowest BCUT2D eigenvalue weighted by Gasteiger charge is -2.04. The third-order valence-electron chi connectivity index (χ3n) is 3.85. The summed E-state index contributed by atoms with van der Waals surface area (Å²) in [6.07, 6.45) is 7.08. The Morgan fingerprint density at radius 3 is 1.88 bits per heavy atom. The number of halogens is 2. The summed E-state index contributed by atoms with van der Waals surface area (Å²) in [6, 6.07) is 10.6. The fourth-order valence-corrected chi connectivity index (χ4v) is 2.65. The molecule has 33 heavy (non-hydrogen) atoms. The third-order valence-corrected chi connectivity index (χ3v) is 4.32. The molecule has 2 aromatic carbocycles. The number of nitrogens with zero attached hydrogens (tertiary/aromatic N) is 1. The van der Waals surface area contributed by atoms with E-state index >= 15 is 0 Å². The van der Waals surface area contributed by atoms with Gasteiger partial charge in [0.2, 0.25) is 0 Å². The quantitative estimate of drug-likeness (QED) is 0.267. The van der Waals surface area contributed by atoms with Crippen LogP contribution in [0.1, 0.15) is 18.1 Å². The monoisotopic (exact) mass is 496 g/mol. The average molecular weight is 497 g/mol. The van der Waals surface area contributed by atoms with Crippen LogP contribution in [0.15, 0.2) is 53.7 Å². The van der Waals surface area contributed by atoms with Crippen LogP contribution < -0.4 is 15.4 Å². The van der Waals surface area contributed by atoms with Crippen molar-refractivity contribution in [1.82, 2.24) is 0 Å². The van der Waals surface area contributed by atoms with E-state index in [4.69, 9.17) is 48.5 Å². The lowest BCUT2D eigenvalue weighted by Crippen LogP contribution is -2.08. The smallest absolute Gasteiger partial charge is 0.353 e. The zero-order chi connectivity index (χ0) is 24.6. The summed E-state index contributed by atoms with van der Waals surface area (Å²) in [4.78, 5) is 19.7. The summed E-state index contributed by atoms with van der Waals surface area (Å²) in [6.45, 7) is 1.86. The number of ether oxygens (including phenoxy) is 2. The topological polar surface area (TPSA) is 113 Å². The van der Waals surface area contributed by atoms with E-state index in [9.17, 15) is 4.79 Å². The minimum Gasteiger partial charge on any atom is -0.496 e. The number of aliphatic carboxylic acids is 1. The van der Waals surface area contributed by atoms with Gasteiger partial charge in [0.15, 0.2) is 5.71 Å². The molecule has 0 amide bonds. The van der Waals surface area contributed by atoms with E-state index in [1.807, 2.05) is 18.2 Å². The lowest BCUT2D eigenvalue weighted by atomic mass is 10.2. The first-order valence-electron chi connectivity index (χ1n) is 9.54. The molecular weight excluding hydrogens is 471 g/mol. The molecule has 0 radical (unpaired) electrons. The molecule has 0 atom stereocenters. The van der Waals surface area contributed by atoms with E-state index in [0.29, 0.717) is 22.4 Å². The minimum absolute atomic E-state index is 0.103. The van der Waals surface area contributed by atoms with E-state index in [-0.39, 0.29) is 12.3 Å². The van der Waals surface area contributed by atoms with Crippen molar-refractivity contribution >= 4 is 47.0 Å². The standard InChI is InChI=1S/C13H14ClNO4.C10H12ClNO2/c1-9(13(16)17)15-19-7-3-4-10-8-11(14)5-6-12(10)18-2;1-13-10-5-4-9(11)7-8(10)3-2-6-14-12/h3-6,8H,7H2,1-2H3,(H,16,17);2-5,7H,6,12H2,1H3/b4-3+,15-9-;3-2+. The number of oxime groups is 1. The molecule has 8 nitrogen and oxygen atoms in total. The molecule has 0 spiro atoms. The molecule has 178 valence electrons. The van der Waals surface area contributed by atoms with E-state index < -0.39 is 5.97 Å². The number of benzene rings is 2. The summed E-state index contributed by atoms with van der Waals surface area (Å²) in [5, 5.41) is 13.2. The van der Waals surface area contributed by atoms with Crippen LogP contribution >= 0.6 is 23.2 Å². The van der Waals surface area contributed by atoms with Crippen molar-refractivity contribution < 1.29 is 29.0 Å². The zero-order valence-electron chi connectivity index (χ0n) is 18.5. The molecule has 0 heterocycles. The van der Waals surface area contributed by atoms with Crippen molar-refractivity contribution in [2.45, 2.75) is 6.92 Å². The SMILES string of the molecule is COc1ccc(Cl)cc1/C=C/CO/N=C(/C)C(=O)O.COc1ccc(Cl)cc1/C=C/CON. The first-order chi connectivity index (χ1) is 15.8. The van der Waals surface area contributed by atoms with Crippen molar-refractivity contribution in [3.63, 3.8) is 0 Å². The molecule has 0 aliphatic rings. The van der Waals surface area contributed by atoms with Gasteiger partial charge in [-0.05, 0) is 49.4 Å². The van der Waals surface area contributed by atoms with Crippen molar-refractivity contribution in [1.29, 1.82) is 0 Å². The highest BCUT2D eigenvalue weighted by Crippen LogP contribution is 2.24. The van der Waals surface area contributed by atoms with Gasteiger partial charge in [-0.1, -0.05) is 46.6 Å². The van der Waals surface area contributed by atoms with Gasteiger partial charge < -0.3 is 24.3 Å². The van der Waals surface area contributed by atoms with Gasteiger partial charge in [-0.15, -0.1) is 0 Å². The van der Waals surface area contributed by atoms with Gasteiger partial charge in [0.1, 0.15) is 18.1 Å². The molecular formula is C23H26Cl2N2O6. The summed E-state index contributed by atoms with van der Waals surface area (Å²) >= 11 is 11.7. The highest BCUT2D eigenvalue weighted by molar-refractivity contribution is 6.34. The van der Waals surface area contributed by atoms with Crippen LogP contribution in [-0.4, -0.2) is 44.2 Å². The van der Waals surface area contributed by atoms with Gasteiger partial charge in [-0.2, -0.15) is 0 Å². The summed E-state index contributed by atoms with van der Waals surface area (Å²) in [7, 11) is 3.18. The van der Waals surface area contributed by atoms with Crippen molar-refractivity contribution in [2.24, 2.45) is 11.1 Å². The normalized spacial score (nSPS) is 11.3. The van der Waals surface area contributed by atoms with Crippen molar-refractivity contribution in [2.75, 3.05) is 27.4 Å². The number of nitrogens with two attached hydrogens (primary N) is 1. The maximum atomic E-state index is 10.4. The zero-order valence-corrected chi connectivity index (χ0v) is 20.0. The number of hydrogen-bond acceptors (Lipinski definition) is 7. The Hall–Kier alpha value is -3.04. The second-order valence-electron chi connectivity index (χ2n) is 6.19. The Bertz CT molecular complexity index is 993. The van der Waals surface area contributed by atoms with Crippen LogP contribution in [0.2, 0.25) is 10.0 Å². The van der Waals surface area contributed by atoms with Gasteiger partial charge in [-0.3, -0.25) is 0 Å². The fraction of sp³-hybridized carbons (Fsp3) is 0.217. The molecule has 0 fully saturated rings. The van der Waals surface area contributed by atoms with E-state index in [0.717, 1.165) is 16.9 Å². The molecule has 0 aliphatic heterocycles. The first kappa shape index (κ1) is 28.0.